The summed E-state index contributed by atoms with van der Waals surface area (Å²) in [5, 5.41) is 8.83. The van der Waals surface area contributed by atoms with Crippen molar-refractivity contribution in [3.8, 4) is 0 Å². The molecule has 0 fully saturated rings. The van der Waals surface area contributed by atoms with Gasteiger partial charge in [0.25, 0.3) is 0 Å². The molecule has 1 aromatic heterocycles. The molecule has 0 aliphatic heterocycles. The third kappa shape index (κ3) is 1.81. The summed E-state index contributed by atoms with van der Waals surface area (Å²) in [7, 11) is 0. The van der Waals surface area contributed by atoms with Crippen LogP contribution in [0.1, 0.15) is 22.9 Å². The first kappa shape index (κ1) is 9.16. The highest BCUT2D eigenvalue weighted by atomic mass is 16.3. The van der Waals surface area contributed by atoms with Gasteiger partial charge < -0.3 is 10.8 Å². The molecule has 0 amide bonds. The second kappa shape index (κ2) is 3.65. The van der Waals surface area contributed by atoms with E-state index in [9.17, 15) is 0 Å². The van der Waals surface area contributed by atoms with Gasteiger partial charge in [0, 0.05) is 11.9 Å². The van der Waals surface area contributed by atoms with Crippen molar-refractivity contribution in [2.45, 2.75) is 19.9 Å². The van der Waals surface area contributed by atoms with E-state index in [-0.39, 0.29) is 12.6 Å². The van der Waals surface area contributed by atoms with Crippen molar-refractivity contribution in [3.05, 3.63) is 29.1 Å². The third-order valence-corrected chi connectivity index (χ3v) is 1.88. The molecule has 0 aromatic carbocycles. The van der Waals surface area contributed by atoms with Crippen LogP contribution in [-0.2, 0) is 0 Å². The lowest BCUT2D eigenvalue weighted by Gasteiger charge is -2.11. The molecule has 66 valence electrons. The van der Waals surface area contributed by atoms with Gasteiger partial charge in [0.05, 0.1) is 12.6 Å². The normalized spacial score (nSPS) is 13.0. The van der Waals surface area contributed by atoms with Crippen molar-refractivity contribution in [3.63, 3.8) is 0 Å². The predicted octanol–water partition coefficient (Wildman–Crippen LogP) is 0.691. The Morgan fingerprint density at radius 3 is 2.75 bits per heavy atom. The zero-order valence-electron chi connectivity index (χ0n) is 7.41. The van der Waals surface area contributed by atoms with Gasteiger partial charge in [0.15, 0.2) is 0 Å². The van der Waals surface area contributed by atoms with Gasteiger partial charge in [-0.25, -0.2) is 0 Å². The van der Waals surface area contributed by atoms with Crippen LogP contribution in [0.15, 0.2) is 12.3 Å². The first-order valence-corrected chi connectivity index (χ1v) is 3.94. The Kier molecular flexibility index (Phi) is 2.78. The zero-order valence-corrected chi connectivity index (χ0v) is 7.41. The van der Waals surface area contributed by atoms with Gasteiger partial charge >= 0.3 is 0 Å². The van der Waals surface area contributed by atoms with E-state index in [4.69, 9.17) is 10.8 Å². The number of hydrogen-bond donors (Lipinski definition) is 2. The van der Waals surface area contributed by atoms with Crippen LogP contribution in [0.4, 0.5) is 0 Å². The molecule has 0 radical (unpaired) electrons. The topological polar surface area (TPSA) is 59.1 Å². The number of hydrogen-bond acceptors (Lipinski definition) is 3. The number of rotatable bonds is 2. The molecule has 1 rings (SSSR count). The van der Waals surface area contributed by atoms with Gasteiger partial charge in [-0.05, 0) is 31.0 Å². The van der Waals surface area contributed by atoms with Crippen molar-refractivity contribution >= 4 is 0 Å². The number of nitrogens with two attached hydrogens (primary N) is 1. The molecule has 3 N–H and O–H groups in total. The van der Waals surface area contributed by atoms with E-state index in [2.05, 4.69) is 4.98 Å². The minimum Gasteiger partial charge on any atom is -0.394 e. The third-order valence-electron chi connectivity index (χ3n) is 1.88. The van der Waals surface area contributed by atoms with Crippen LogP contribution in [0.3, 0.4) is 0 Å². The maximum Gasteiger partial charge on any atom is 0.0625 e. The Balaban J connectivity index is 3.01. The molecular formula is C9H14N2O. The summed E-state index contributed by atoms with van der Waals surface area (Å²) < 4.78 is 0. The average molecular weight is 166 g/mol. The second-order valence-electron chi connectivity index (χ2n) is 2.97. The Hall–Kier alpha value is -0.930. The van der Waals surface area contributed by atoms with Crippen LogP contribution in [0, 0.1) is 13.8 Å². The lowest BCUT2D eigenvalue weighted by molar-refractivity contribution is 0.267. The SMILES string of the molecule is Cc1cc(C)c(C(N)CO)cn1. The first-order valence-electron chi connectivity index (χ1n) is 3.94. The number of aryl methyl sites for hydroxylation is 2. The summed E-state index contributed by atoms with van der Waals surface area (Å²) in [6.07, 6.45) is 1.73. The lowest BCUT2D eigenvalue weighted by atomic mass is 10.0. The van der Waals surface area contributed by atoms with Gasteiger partial charge in [-0.3, -0.25) is 4.98 Å². The van der Waals surface area contributed by atoms with Gasteiger partial charge in [-0.2, -0.15) is 0 Å². The fraction of sp³-hybridized carbons (Fsp3) is 0.444. The molecule has 0 aliphatic carbocycles. The van der Waals surface area contributed by atoms with Crippen molar-refractivity contribution in [2.24, 2.45) is 5.73 Å². The lowest BCUT2D eigenvalue weighted by Crippen LogP contribution is -2.16. The Bertz CT molecular complexity index is 273. The van der Waals surface area contributed by atoms with E-state index in [0.29, 0.717) is 0 Å². The maximum atomic E-state index is 8.83. The van der Waals surface area contributed by atoms with Crippen molar-refractivity contribution < 1.29 is 5.11 Å². The molecule has 1 atom stereocenters. The fourth-order valence-corrected chi connectivity index (χ4v) is 1.19. The smallest absolute Gasteiger partial charge is 0.0625 e. The van der Waals surface area contributed by atoms with E-state index in [1.54, 1.807) is 6.20 Å². The molecule has 0 spiro atoms. The molecule has 1 aromatic rings. The maximum absolute atomic E-state index is 8.83. The van der Waals surface area contributed by atoms with Crippen LogP contribution in [0.2, 0.25) is 0 Å². The summed E-state index contributed by atoms with van der Waals surface area (Å²) in [5.41, 5.74) is 8.64. The molecule has 0 aliphatic rings. The van der Waals surface area contributed by atoms with E-state index in [1.165, 1.54) is 0 Å². The number of aliphatic hydroxyl groups is 1. The molecule has 0 saturated carbocycles. The molecule has 12 heavy (non-hydrogen) atoms. The summed E-state index contributed by atoms with van der Waals surface area (Å²) >= 11 is 0. The van der Waals surface area contributed by atoms with Gasteiger partial charge in [-0.15, -0.1) is 0 Å². The van der Waals surface area contributed by atoms with E-state index in [1.807, 2.05) is 19.9 Å². The van der Waals surface area contributed by atoms with Crippen molar-refractivity contribution in [2.75, 3.05) is 6.61 Å². The van der Waals surface area contributed by atoms with Crippen LogP contribution in [-0.4, -0.2) is 16.7 Å². The Morgan fingerprint density at radius 2 is 2.25 bits per heavy atom. The second-order valence-corrected chi connectivity index (χ2v) is 2.97. The fourth-order valence-electron chi connectivity index (χ4n) is 1.19. The Labute approximate surface area is 72.2 Å². The number of nitrogens with zero attached hydrogens (tertiary/aromatic N) is 1. The van der Waals surface area contributed by atoms with Crippen LogP contribution in [0.25, 0.3) is 0 Å². The molecular weight excluding hydrogens is 152 g/mol. The summed E-state index contributed by atoms with van der Waals surface area (Å²) in [6.45, 7) is 3.87. The Morgan fingerprint density at radius 1 is 1.58 bits per heavy atom. The zero-order chi connectivity index (χ0) is 9.14. The van der Waals surface area contributed by atoms with Crippen LogP contribution in [0.5, 0.6) is 0 Å². The van der Waals surface area contributed by atoms with Gasteiger partial charge in [-0.1, -0.05) is 0 Å². The quantitative estimate of drug-likeness (QED) is 0.679. The van der Waals surface area contributed by atoms with E-state index < -0.39 is 0 Å². The molecule has 3 nitrogen and oxygen atoms in total. The summed E-state index contributed by atoms with van der Waals surface area (Å²) in [4.78, 5) is 4.12. The standard InChI is InChI=1S/C9H14N2O/c1-6-3-7(2)11-4-8(6)9(10)5-12/h3-4,9,12H,5,10H2,1-2H3. The monoisotopic (exact) mass is 166 g/mol. The highest BCUT2D eigenvalue weighted by Crippen LogP contribution is 2.14. The molecule has 0 bridgehead atoms. The summed E-state index contributed by atoms with van der Waals surface area (Å²) in [6, 6.07) is 1.66. The molecule has 1 heterocycles. The highest BCUT2D eigenvalue weighted by Gasteiger charge is 2.07. The minimum absolute atomic E-state index is 0.0361. The molecule has 3 heteroatoms. The molecule has 1 unspecified atom stereocenters. The minimum atomic E-state index is -0.307. The van der Waals surface area contributed by atoms with Crippen molar-refractivity contribution in [1.29, 1.82) is 0 Å². The van der Waals surface area contributed by atoms with E-state index >= 15 is 0 Å². The number of pyridine rings is 1. The summed E-state index contributed by atoms with van der Waals surface area (Å²) in [5.74, 6) is 0. The van der Waals surface area contributed by atoms with Crippen LogP contribution < -0.4 is 5.73 Å². The van der Waals surface area contributed by atoms with E-state index in [0.717, 1.165) is 16.8 Å². The predicted molar refractivity (Wildman–Crippen MR) is 47.7 cm³/mol. The molecule has 0 saturated heterocycles. The highest BCUT2D eigenvalue weighted by molar-refractivity contribution is 5.27. The van der Waals surface area contributed by atoms with Gasteiger partial charge in [0.1, 0.15) is 0 Å². The van der Waals surface area contributed by atoms with Crippen LogP contribution >= 0.6 is 0 Å². The average Bonchev–Trinajstić information content (AvgIpc) is 2.03. The van der Waals surface area contributed by atoms with Gasteiger partial charge in [0.2, 0.25) is 0 Å². The number of aromatic nitrogens is 1. The largest absolute Gasteiger partial charge is 0.394 e. The number of aliphatic hydroxyl groups excluding tert-OH is 1. The first-order chi connectivity index (χ1) is 5.65. The van der Waals surface area contributed by atoms with Crippen molar-refractivity contribution in [1.82, 2.24) is 4.98 Å².